The topological polar surface area (TPSA) is 112 Å². The zero-order valence-corrected chi connectivity index (χ0v) is 15.7. The molecule has 0 aliphatic rings. The number of carbonyl (C=O) groups excluding carboxylic acids is 2. The molecule has 0 radical (unpaired) electrons. The highest BCUT2D eigenvalue weighted by Crippen LogP contribution is 2.25. The molecule has 29 heavy (non-hydrogen) atoms. The fourth-order valence-electron chi connectivity index (χ4n) is 2.59. The standard InChI is InChI=1S/C21H18N2O6/c1-13-4-3-5-16(12-13)22-20(24)14(2)28-21(25)19-11-10-18(29-19)15-6-8-17(9-7-15)23(26)27/h3-12,14H,1-2H3,(H,22,24)/t14-/m0/s1. The lowest BCUT2D eigenvalue weighted by molar-refractivity contribution is -0.384. The van der Waals surface area contributed by atoms with Crippen molar-refractivity contribution in [2.75, 3.05) is 5.32 Å². The van der Waals surface area contributed by atoms with Crippen molar-refractivity contribution in [2.45, 2.75) is 20.0 Å². The normalized spacial score (nSPS) is 11.5. The zero-order valence-electron chi connectivity index (χ0n) is 15.7. The van der Waals surface area contributed by atoms with Gasteiger partial charge in [0.2, 0.25) is 5.76 Å². The number of carbonyl (C=O) groups is 2. The van der Waals surface area contributed by atoms with Gasteiger partial charge in [0.15, 0.2) is 6.10 Å². The predicted octanol–water partition coefficient (Wildman–Crippen LogP) is 4.35. The molecule has 0 fully saturated rings. The lowest BCUT2D eigenvalue weighted by Crippen LogP contribution is -2.29. The molecule has 2 aromatic carbocycles. The molecule has 1 aromatic heterocycles. The van der Waals surface area contributed by atoms with Gasteiger partial charge in [0, 0.05) is 23.4 Å². The number of benzene rings is 2. The molecule has 1 atom stereocenters. The van der Waals surface area contributed by atoms with Crippen molar-refractivity contribution in [1.29, 1.82) is 0 Å². The Morgan fingerprint density at radius 2 is 1.83 bits per heavy atom. The minimum Gasteiger partial charge on any atom is -0.449 e. The summed E-state index contributed by atoms with van der Waals surface area (Å²) in [7, 11) is 0. The Morgan fingerprint density at radius 3 is 2.48 bits per heavy atom. The molecule has 1 heterocycles. The van der Waals surface area contributed by atoms with E-state index >= 15 is 0 Å². The molecule has 0 bridgehead atoms. The van der Waals surface area contributed by atoms with Gasteiger partial charge in [-0.2, -0.15) is 0 Å². The second kappa shape index (κ2) is 8.39. The number of ether oxygens (including phenoxy) is 1. The van der Waals surface area contributed by atoms with Crippen molar-refractivity contribution in [3.05, 3.63) is 82.1 Å². The SMILES string of the molecule is Cc1cccc(NC(=O)[C@H](C)OC(=O)c2ccc(-c3ccc([N+](=O)[O-])cc3)o2)c1. The Hall–Kier alpha value is -3.94. The zero-order chi connectivity index (χ0) is 21.0. The monoisotopic (exact) mass is 394 g/mol. The summed E-state index contributed by atoms with van der Waals surface area (Å²) in [6.07, 6.45) is -1.03. The van der Waals surface area contributed by atoms with Crippen LogP contribution in [0.15, 0.2) is 65.1 Å². The number of hydrogen-bond acceptors (Lipinski definition) is 6. The largest absolute Gasteiger partial charge is 0.449 e. The van der Waals surface area contributed by atoms with Gasteiger partial charge >= 0.3 is 5.97 Å². The number of nitrogens with zero attached hydrogens (tertiary/aromatic N) is 1. The number of esters is 1. The van der Waals surface area contributed by atoms with Gasteiger partial charge in [-0.15, -0.1) is 0 Å². The number of non-ortho nitro benzene ring substituents is 1. The molecular formula is C21H18N2O6. The van der Waals surface area contributed by atoms with Crippen LogP contribution in [0, 0.1) is 17.0 Å². The molecule has 0 spiro atoms. The smallest absolute Gasteiger partial charge is 0.375 e. The molecule has 1 amide bonds. The molecule has 0 saturated carbocycles. The minimum atomic E-state index is -1.03. The Balaban J connectivity index is 1.63. The van der Waals surface area contributed by atoms with E-state index in [4.69, 9.17) is 9.15 Å². The summed E-state index contributed by atoms with van der Waals surface area (Å²) < 4.78 is 10.6. The Kier molecular flexibility index (Phi) is 5.73. The van der Waals surface area contributed by atoms with Gasteiger partial charge in [-0.25, -0.2) is 4.79 Å². The molecule has 1 N–H and O–H groups in total. The average Bonchev–Trinajstić information content (AvgIpc) is 3.18. The van der Waals surface area contributed by atoms with Gasteiger partial charge in [0.05, 0.1) is 4.92 Å². The van der Waals surface area contributed by atoms with Crippen LogP contribution in [-0.4, -0.2) is 22.9 Å². The van der Waals surface area contributed by atoms with Crippen LogP contribution in [0.3, 0.4) is 0 Å². The van der Waals surface area contributed by atoms with E-state index in [1.54, 1.807) is 18.2 Å². The van der Waals surface area contributed by atoms with E-state index in [-0.39, 0.29) is 11.4 Å². The molecular weight excluding hydrogens is 376 g/mol. The lowest BCUT2D eigenvalue weighted by Gasteiger charge is -2.13. The van der Waals surface area contributed by atoms with E-state index in [0.29, 0.717) is 17.0 Å². The Labute approximate surface area is 166 Å². The van der Waals surface area contributed by atoms with Crippen molar-refractivity contribution in [1.82, 2.24) is 0 Å². The molecule has 0 saturated heterocycles. The summed E-state index contributed by atoms with van der Waals surface area (Å²) in [6, 6.07) is 15.9. The number of hydrogen-bond donors (Lipinski definition) is 1. The molecule has 148 valence electrons. The van der Waals surface area contributed by atoms with Crippen LogP contribution in [0.5, 0.6) is 0 Å². The van der Waals surface area contributed by atoms with Gasteiger partial charge in [-0.3, -0.25) is 14.9 Å². The highest BCUT2D eigenvalue weighted by Gasteiger charge is 2.22. The third kappa shape index (κ3) is 4.86. The summed E-state index contributed by atoms with van der Waals surface area (Å²) in [5.74, 6) is -0.978. The van der Waals surface area contributed by atoms with Crippen LogP contribution >= 0.6 is 0 Å². The summed E-state index contributed by atoms with van der Waals surface area (Å²) in [6.45, 7) is 3.36. The number of nitro groups is 1. The van der Waals surface area contributed by atoms with E-state index in [9.17, 15) is 19.7 Å². The van der Waals surface area contributed by atoms with Crippen molar-refractivity contribution in [3.63, 3.8) is 0 Å². The van der Waals surface area contributed by atoms with E-state index in [0.717, 1.165) is 5.56 Å². The molecule has 3 aromatic rings. The maximum atomic E-state index is 12.3. The first-order chi connectivity index (χ1) is 13.8. The summed E-state index contributed by atoms with van der Waals surface area (Å²) in [5, 5.41) is 13.4. The number of nitro benzene ring substituents is 1. The predicted molar refractivity (Wildman–Crippen MR) is 105 cm³/mol. The number of nitrogens with one attached hydrogen (secondary N) is 1. The highest BCUT2D eigenvalue weighted by molar-refractivity contribution is 5.96. The molecule has 0 aliphatic heterocycles. The number of amides is 1. The van der Waals surface area contributed by atoms with Crippen molar-refractivity contribution in [2.24, 2.45) is 0 Å². The van der Waals surface area contributed by atoms with Crippen LogP contribution in [0.25, 0.3) is 11.3 Å². The van der Waals surface area contributed by atoms with E-state index in [1.807, 2.05) is 19.1 Å². The number of aryl methyl sites for hydroxylation is 1. The second-order valence-corrected chi connectivity index (χ2v) is 6.37. The van der Waals surface area contributed by atoms with E-state index in [2.05, 4.69) is 5.32 Å². The van der Waals surface area contributed by atoms with Crippen molar-refractivity contribution < 1.29 is 23.7 Å². The van der Waals surface area contributed by atoms with Crippen LogP contribution in [0.2, 0.25) is 0 Å². The van der Waals surface area contributed by atoms with Gasteiger partial charge in [-0.1, -0.05) is 12.1 Å². The van der Waals surface area contributed by atoms with Crippen LogP contribution in [0.1, 0.15) is 23.0 Å². The number of anilines is 1. The van der Waals surface area contributed by atoms with Crippen LogP contribution in [-0.2, 0) is 9.53 Å². The average molecular weight is 394 g/mol. The Bertz CT molecular complexity index is 1060. The molecule has 3 rings (SSSR count). The van der Waals surface area contributed by atoms with Crippen LogP contribution < -0.4 is 5.32 Å². The number of rotatable bonds is 6. The van der Waals surface area contributed by atoms with Crippen molar-refractivity contribution in [3.8, 4) is 11.3 Å². The fourth-order valence-corrected chi connectivity index (χ4v) is 2.59. The van der Waals surface area contributed by atoms with Gasteiger partial charge in [0.25, 0.3) is 11.6 Å². The summed E-state index contributed by atoms with van der Waals surface area (Å²) in [5.41, 5.74) is 2.12. The van der Waals surface area contributed by atoms with E-state index in [1.165, 1.54) is 37.3 Å². The Morgan fingerprint density at radius 1 is 1.10 bits per heavy atom. The third-order valence-corrected chi connectivity index (χ3v) is 4.11. The first kappa shape index (κ1) is 19.8. The molecule has 8 nitrogen and oxygen atoms in total. The first-order valence-electron chi connectivity index (χ1n) is 8.76. The minimum absolute atomic E-state index is 0.0478. The second-order valence-electron chi connectivity index (χ2n) is 6.37. The molecule has 0 aliphatic carbocycles. The first-order valence-corrected chi connectivity index (χ1v) is 8.76. The maximum absolute atomic E-state index is 12.3. The summed E-state index contributed by atoms with van der Waals surface area (Å²) in [4.78, 5) is 34.7. The van der Waals surface area contributed by atoms with Gasteiger partial charge in [0.1, 0.15) is 5.76 Å². The molecule has 8 heteroatoms. The third-order valence-electron chi connectivity index (χ3n) is 4.11. The maximum Gasteiger partial charge on any atom is 0.375 e. The quantitative estimate of drug-likeness (QED) is 0.378. The van der Waals surface area contributed by atoms with Crippen LogP contribution in [0.4, 0.5) is 11.4 Å². The van der Waals surface area contributed by atoms with Crippen molar-refractivity contribution >= 4 is 23.3 Å². The highest BCUT2D eigenvalue weighted by atomic mass is 16.6. The van der Waals surface area contributed by atoms with Gasteiger partial charge < -0.3 is 14.5 Å². The fraction of sp³-hybridized carbons (Fsp3) is 0.143. The van der Waals surface area contributed by atoms with Gasteiger partial charge in [-0.05, 0) is 55.8 Å². The number of furan rings is 1. The molecule has 0 unspecified atom stereocenters. The van der Waals surface area contributed by atoms with E-state index < -0.39 is 22.9 Å². The summed E-state index contributed by atoms with van der Waals surface area (Å²) >= 11 is 0. The lowest BCUT2D eigenvalue weighted by atomic mass is 10.1.